The van der Waals surface area contributed by atoms with Gasteiger partial charge in [-0.2, -0.15) is 0 Å². The maximum atomic E-state index is 10.7. The number of hydrogen-bond acceptors (Lipinski definition) is 18. The topological polar surface area (TPSA) is 266 Å². The zero-order chi connectivity index (χ0) is 60.4. The lowest BCUT2D eigenvalue weighted by Crippen LogP contribution is -2.39. The zero-order valence-corrected chi connectivity index (χ0v) is 49.9. The summed E-state index contributed by atoms with van der Waals surface area (Å²) in [5, 5.41) is 11.7. The van der Waals surface area contributed by atoms with E-state index < -0.39 is 0 Å². The number of nitrogens with two attached hydrogens (primary N) is 1. The maximum Gasteiger partial charge on any atom is 0.303 e. The van der Waals surface area contributed by atoms with Crippen molar-refractivity contribution in [1.82, 2.24) is 15.2 Å². The summed E-state index contributed by atoms with van der Waals surface area (Å²) in [6.07, 6.45) is 2.55. The molecule has 2 amide bonds. The Morgan fingerprint density at radius 3 is 1.58 bits per heavy atom. The van der Waals surface area contributed by atoms with Crippen LogP contribution >= 0.6 is 11.3 Å². The third kappa shape index (κ3) is 46.4. The number of hydrogen-bond donors (Lipinski definition) is 3. The Morgan fingerprint density at radius 2 is 1.26 bits per heavy atom. The van der Waals surface area contributed by atoms with E-state index >= 15 is 0 Å². The highest BCUT2D eigenvalue weighted by molar-refractivity contribution is 7.09. The lowest BCUT2D eigenvalue weighted by atomic mass is 10.1. The number of Topliss-reactive ketones (excluding diaryl/α,β-unsaturated/α-hetero) is 3. The van der Waals surface area contributed by atoms with E-state index in [1.807, 2.05) is 104 Å². The summed E-state index contributed by atoms with van der Waals surface area (Å²) in [4.78, 5) is 90.5. The fourth-order valence-corrected chi connectivity index (χ4v) is 6.27. The first kappa shape index (κ1) is 75.4. The summed E-state index contributed by atoms with van der Waals surface area (Å²) < 4.78 is 29.8. The average molecular weight is 1110 g/mol. The van der Waals surface area contributed by atoms with Crippen molar-refractivity contribution in [2.24, 2.45) is 5.73 Å². The molecule has 2 fully saturated rings. The summed E-state index contributed by atoms with van der Waals surface area (Å²) >= 11 is 1.48. The third-order valence-electron chi connectivity index (χ3n) is 8.84. The lowest BCUT2D eigenvalue weighted by molar-refractivity contribution is -0.152. The van der Waals surface area contributed by atoms with Gasteiger partial charge in [-0.3, -0.25) is 43.3 Å². The predicted molar refractivity (Wildman–Crippen MR) is 303 cm³/mol. The summed E-state index contributed by atoms with van der Waals surface area (Å²) in [6.45, 7) is 31.9. The first-order valence-electron chi connectivity index (χ1n) is 25.0. The maximum absolute atomic E-state index is 10.7. The van der Waals surface area contributed by atoms with Crippen molar-refractivity contribution >= 4 is 58.4 Å². The summed E-state index contributed by atoms with van der Waals surface area (Å²) in [5.74, 6) is 0.576. The molecule has 19 nitrogen and oxygen atoms in total. The summed E-state index contributed by atoms with van der Waals surface area (Å²) in [6, 6.07) is 21.4. The van der Waals surface area contributed by atoms with Crippen molar-refractivity contribution in [3.05, 3.63) is 112 Å². The van der Waals surface area contributed by atoms with Crippen LogP contribution in [0.1, 0.15) is 140 Å². The quantitative estimate of drug-likeness (QED) is 0.0844. The number of esters is 3. The van der Waals surface area contributed by atoms with Crippen LogP contribution in [0.15, 0.2) is 84.5 Å². The molecular formula is C58H88N4O15S. The smallest absolute Gasteiger partial charge is 0.303 e. The van der Waals surface area contributed by atoms with Crippen LogP contribution in [-0.2, 0) is 59.1 Å². The average Bonchev–Trinajstić information content (AvgIpc) is 4.07. The number of morpholine rings is 1. The predicted octanol–water partition coefficient (Wildman–Crippen LogP) is 9.01. The molecule has 20 heteroatoms. The molecule has 3 heterocycles. The highest BCUT2D eigenvalue weighted by Gasteiger charge is 2.17. The molecule has 0 radical (unpaired) electrons. The SMILES string of the molecule is CC(=O)COc1c(C)cccc1C.CC(=O)N1CCOCC1.CC(=O)NC(C)(C)C.CC(=O)OC(C)(C)C.CC(=O)OC1CCOC1.CC(=O)OCc1cncs1.CC(=O)c1cccc(O)c1.CC(=O)c1ccccc1.CN. The number of phenolic OH excluding ortho intramolecular Hbond substituents is 1. The van der Waals surface area contributed by atoms with Crippen molar-refractivity contribution < 1.29 is 71.9 Å². The molecular weight excluding hydrogens is 1020 g/mol. The van der Waals surface area contributed by atoms with Crippen LogP contribution in [0.5, 0.6) is 11.5 Å². The number of carbonyl (C=O) groups excluding carboxylic acids is 8. The van der Waals surface area contributed by atoms with Crippen molar-refractivity contribution in [2.45, 2.75) is 141 Å². The number of phenols is 1. The van der Waals surface area contributed by atoms with E-state index in [1.165, 1.54) is 72.1 Å². The number of rotatable bonds is 8. The minimum Gasteiger partial charge on any atom is -0.508 e. The molecule has 436 valence electrons. The van der Waals surface area contributed by atoms with Gasteiger partial charge in [-0.1, -0.05) is 60.7 Å². The zero-order valence-electron chi connectivity index (χ0n) is 49.1. The number of aryl methyl sites for hydroxylation is 2. The molecule has 4 N–H and O–H groups in total. The van der Waals surface area contributed by atoms with Crippen LogP contribution < -0.4 is 15.8 Å². The molecule has 0 aliphatic carbocycles. The van der Waals surface area contributed by atoms with Gasteiger partial charge in [0.1, 0.15) is 36.4 Å². The molecule has 1 unspecified atom stereocenters. The van der Waals surface area contributed by atoms with Crippen molar-refractivity contribution in [3.63, 3.8) is 0 Å². The van der Waals surface area contributed by atoms with Gasteiger partial charge in [-0.25, -0.2) is 0 Å². The minimum atomic E-state index is -0.328. The van der Waals surface area contributed by atoms with Gasteiger partial charge in [0.2, 0.25) is 11.8 Å². The Kier molecular flexibility index (Phi) is 41.7. The Balaban J connectivity index is -0.000000824. The number of para-hydroxylation sites is 1. The fourth-order valence-electron chi connectivity index (χ4n) is 5.76. The second kappa shape index (κ2) is 43.2. The van der Waals surface area contributed by atoms with Crippen molar-refractivity contribution in [3.8, 4) is 11.5 Å². The number of benzene rings is 3. The Bertz CT molecular complexity index is 2290. The third-order valence-corrected chi connectivity index (χ3v) is 9.59. The van der Waals surface area contributed by atoms with Crippen LogP contribution in [-0.4, -0.2) is 132 Å². The molecule has 4 aromatic rings. The van der Waals surface area contributed by atoms with Gasteiger partial charge in [-0.15, -0.1) is 11.3 Å². The van der Waals surface area contributed by atoms with E-state index in [4.69, 9.17) is 33.5 Å². The van der Waals surface area contributed by atoms with E-state index in [0.29, 0.717) is 32.0 Å². The monoisotopic (exact) mass is 1110 g/mol. The Labute approximate surface area is 466 Å². The Hall–Kier alpha value is -6.87. The number of ether oxygens (including phenoxy) is 6. The van der Waals surface area contributed by atoms with E-state index in [-0.39, 0.29) is 76.7 Å². The summed E-state index contributed by atoms with van der Waals surface area (Å²) in [7, 11) is 1.50. The van der Waals surface area contributed by atoms with Crippen LogP contribution in [0, 0.1) is 13.8 Å². The molecule has 1 atom stereocenters. The second-order valence-electron chi connectivity index (χ2n) is 18.8. The van der Waals surface area contributed by atoms with Gasteiger partial charge < -0.3 is 49.5 Å². The van der Waals surface area contributed by atoms with Gasteiger partial charge in [0.15, 0.2) is 17.3 Å². The molecule has 2 aliphatic rings. The molecule has 1 aromatic heterocycles. The van der Waals surface area contributed by atoms with E-state index in [2.05, 4.69) is 16.0 Å². The number of nitrogens with zero attached hydrogens (tertiary/aromatic N) is 2. The molecule has 0 spiro atoms. The van der Waals surface area contributed by atoms with E-state index in [0.717, 1.165) is 53.4 Å². The second-order valence-corrected chi connectivity index (χ2v) is 19.8. The standard InChI is InChI=1S/C11H14O2.C8H8O2.C8H8O.C6H7NO2S.C6H11NO2.C6H13NO.C6H10O3.C6H12O2.CH5N/c1-8-5-4-6-9(2)11(8)13-7-10(3)12;1-6(9)7-3-2-4-8(10)5-7;1-7(9)8-5-3-2-4-6-8;1-5(8)9-3-6-2-7-4-10-6;1-6(8)7-2-4-9-5-3-7;1-5(8)7-6(2,3)4;1-5(7)9-6-2-3-8-4-6;1-5(7)8-6(2,3)4;1-2/h4-6H,7H2,1-3H3;2-5,10H,1H3;2-6H,1H3;2,4H,3H2,1H3;2-5H2,1H3;1-4H3,(H,7,8);6H,2-4H2,1H3;1-4H3;2H2,1H3. The molecule has 0 bridgehead atoms. The molecule has 6 rings (SSSR count). The number of nitrogens with one attached hydrogen (secondary N) is 1. The highest BCUT2D eigenvalue weighted by atomic mass is 32.1. The number of amides is 2. The van der Waals surface area contributed by atoms with Crippen LogP contribution in [0.2, 0.25) is 0 Å². The molecule has 0 saturated carbocycles. The van der Waals surface area contributed by atoms with Crippen LogP contribution in [0.25, 0.3) is 0 Å². The normalized spacial score (nSPS) is 12.7. The first-order chi connectivity index (χ1) is 36.3. The van der Waals surface area contributed by atoms with Gasteiger partial charge in [0.05, 0.1) is 36.8 Å². The fraction of sp³-hybridized carbons (Fsp3) is 0.500. The molecule has 3 aromatic carbocycles. The van der Waals surface area contributed by atoms with Gasteiger partial charge in [-0.05, 0) is 106 Å². The van der Waals surface area contributed by atoms with Crippen LogP contribution in [0.3, 0.4) is 0 Å². The number of ketones is 3. The minimum absolute atomic E-state index is 0.0162. The summed E-state index contributed by atoms with van der Waals surface area (Å²) in [5.41, 5.74) is 9.26. The van der Waals surface area contributed by atoms with Crippen molar-refractivity contribution in [1.29, 1.82) is 0 Å². The molecule has 2 aliphatic heterocycles. The van der Waals surface area contributed by atoms with Gasteiger partial charge in [0.25, 0.3) is 0 Å². The molecule has 78 heavy (non-hydrogen) atoms. The number of carbonyl (C=O) groups is 8. The molecule has 2 saturated heterocycles. The van der Waals surface area contributed by atoms with Crippen LogP contribution in [0.4, 0.5) is 0 Å². The number of thiazole rings is 1. The largest absolute Gasteiger partial charge is 0.508 e. The highest BCUT2D eigenvalue weighted by Crippen LogP contribution is 2.22. The van der Waals surface area contributed by atoms with E-state index in [1.54, 1.807) is 42.6 Å². The number of aromatic hydroxyl groups is 1. The first-order valence-corrected chi connectivity index (χ1v) is 25.9. The Morgan fingerprint density at radius 1 is 0.718 bits per heavy atom. The lowest BCUT2D eigenvalue weighted by Gasteiger charge is -2.25. The van der Waals surface area contributed by atoms with Gasteiger partial charge in [0, 0.05) is 77.0 Å². The van der Waals surface area contributed by atoms with Crippen molar-refractivity contribution in [2.75, 3.05) is 53.2 Å². The van der Waals surface area contributed by atoms with Gasteiger partial charge >= 0.3 is 17.9 Å². The van der Waals surface area contributed by atoms with E-state index in [9.17, 15) is 38.4 Å². The number of aromatic nitrogens is 1.